The van der Waals surface area contributed by atoms with Crippen LogP contribution in [-0.4, -0.2) is 21.7 Å². The Balaban J connectivity index is 2.12. The molecule has 1 aromatic rings. The minimum atomic E-state index is -0.0772. The molecule has 0 aromatic carbocycles. The zero-order valence-corrected chi connectivity index (χ0v) is 9.54. The third kappa shape index (κ3) is 1.97. The van der Waals surface area contributed by atoms with E-state index in [4.69, 9.17) is 0 Å². The van der Waals surface area contributed by atoms with Gasteiger partial charge in [-0.15, -0.1) is 0 Å². The van der Waals surface area contributed by atoms with Crippen LogP contribution in [0.3, 0.4) is 0 Å². The van der Waals surface area contributed by atoms with Crippen molar-refractivity contribution in [1.29, 1.82) is 0 Å². The molecular formula is C9H12BrN3O. The molecule has 1 fully saturated rings. The molecular weight excluding hydrogens is 246 g/mol. The van der Waals surface area contributed by atoms with Gasteiger partial charge in [-0.1, -0.05) is 0 Å². The first-order valence-corrected chi connectivity index (χ1v) is 5.54. The number of halogens is 1. The maximum Gasteiger partial charge on any atom is 0.273 e. The number of aromatic nitrogens is 2. The van der Waals surface area contributed by atoms with Gasteiger partial charge in [0.2, 0.25) is 0 Å². The first-order chi connectivity index (χ1) is 6.70. The predicted octanol–water partition coefficient (Wildman–Crippen LogP) is 1.56. The van der Waals surface area contributed by atoms with Gasteiger partial charge in [-0.2, -0.15) is 5.10 Å². The quantitative estimate of drug-likeness (QED) is 0.894. The minimum absolute atomic E-state index is 0.0772. The molecule has 0 aliphatic heterocycles. The van der Waals surface area contributed by atoms with Crippen molar-refractivity contribution in [2.24, 2.45) is 0 Å². The minimum Gasteiger partial charge on any atom is -0.348 e. The molecule has 0 unspecified atom stereocenters. The number of rotatable bonds is 3. The maximum atomic E-state index is 11.6. The van der Waals surface area contributed by atoms with Gasteiger partial charge in [0.15, 0.2) is 5.69 Å². The molecule has 0 atom stereocenters. The fourth-order valence-electron chi connectivity index (χ4n) is 1.19. The van der Waals surface area contributed by atoms with E-state index < -0.39 is 0 Å². The van der Waals surface area contributed by atoms with Crippen molar-refractivity contribution in [3.05, 3.63) is 16.4 Å². The molecule has 5 heteroatoms. The van der Waals surface area contributed by atoms with Crippen LogP contribution in [0.5, 0.6) is 0 Å². The molecule has 0 spiro atoms. The Hall–Kier alpha value is -0.840. The molecule has 1 amide bonds. The molecule has 1 N–H and O–H groups in total. The van der Waals surface area contributed by atoms with Crippen LogP contribution < -0.4 is 5.32 Å². The van der Waals surface area contributed by atoms with Gasteiger partial charge in [0, 0.05) is 18.8 Å². The van der Waals surface area contributed by atoms with E-state index >= 15 is 0 Å². The van der Waals surface area contributed by atoms with Crippen LogP contribution >= 0.6 is 15.9 Å². The van der Waals surface area contributed by atoms with E-state index in [0.717, 1.165) is 23.9 Å². The summed E-state index contributed by atoms with van der Waals surface area (Å²) in [6.45, 7) is 2.76. The van der Waals surface area contributed by atoms with Crippen LogP contribution in [-0.2, 0) is 6.54 Å². The van der Waals surface area contributed by atoms with Crippen molar-refractivity contribution in [2.75, 3.05) is 0 Å². The second-order valence-electron chi connectivity index (χ2n) is 3.43. The number of hydrogen-bond donors (Lipinski definition) is 1. The highest BCUT2D eigenvalue weighted by molar-refractivity contribution is 9.10. The third-order valence-electron chi connectivity index (χ3n) is 2.17. The lowest BCUT2D eigenvalue weighted by Gasteiger charge is -1.99. The summed E-state index contributed by atoms with van der Waals surface area (Å²) in [6, 6.07) is 0.376. The van der Waals surface area contributed by atoms with Gasteiger partial charge in [0.05, 0.1) is 4.47 Å². The van der Waals surface area contributed by atoms with Crippen molar-refractivity contribution < 1.29 is 4.79 Å². The second-order valence-corrected chi connectivity index (χ2v) is 4.28. The summed E-state index contributed by atoms with van der Waals surface area (Å²) in [7, 11) is 0. The molecule has 0 bridgehead atoms. The van der Waals surface area contributed by atoms with Gasteiger partial charge in [-0.05, 0) is 35.7 Å². The monoisotopic (exact) mass is 257 g/mol. The molecule has 1 aliphatic rings. The van der Waals surface area contributed by atoms with E-state index in [-0.39, 0.29) is 5.91 Å². The summed E-state index contributed by atoms with van der Waals surface area (Å²) in [5, 5.41) is 7.07. The average molecular weight is 258 g/mol. The molecule has 1 aromatic heterocycles. The summed E-state index contributed by atoms with van der Waals surface area (Å²) >= 11 is 3.32. The van der Waals surface area contributed by atoms with Gasteiger partial charge in [-0.3, -0.25) is 9.48 Å². The van der Waals surface area contributed by atoms with Crippen LogP contribution in [0.2, 0.25) is 0 Å². The Morgan fingerprint density at radius 1 is 1.79 bits per heavy atom. The third-order valence-corrected chi connectivity index (χ3v) is 2.75. The predicted molar refractivity (Wildman–Crippen MR) is 56.1 cm³/mol. The number of nitrogens with one attached hydrogen (secondary N) is 1. The van der Waals surface area contributed by atoms with Crippen molar-refractivity contribution in [1.82, 2.24) is 15.1 Å². The van der Waals surface area contributed by atoms with Crippen LogP contribution in [0, 0.1) is 0 Å². The molecule has 1 aliphatic carbocycles. The molecule has 1 saturated carbocycles. The lowest BCUT2D eigenvalue weighted by atomic mass is 10.4. The Morgan fingerprint density at radius 3 is 3.00 bits per heavy atom. The van der Waals surface area contributed by atoms with Gasteiger partial charge < -0.3 is 5.32 Å². The standard InChI is InChI=1S/C9H12BrN3O/c1-2-13-5-7(10)8(12-13)9(14)11-6-3-4-6/h5-6H,2-4H2,1H3,(H,11,14). The Kier molecular flexibility index (Phi) is 2.58. The Labute approximate surface area is 90.8 Å². The number of carbonyl (C=O) groups excluding carboxylic acids is 1. The molecule has 14 heavy (non-hydrogen) atoms. The zero-order valence-electron chi connectivity index (χ0n) is 7.96. The van der Waals surface area contributed by atoms with E-state index in [1.807, 2.05) is 13.1 Å². The maximum absolute atomic E-state index is 11.6. The van der Waals surface area contributed by atoms with Crippen LogP contribution in [0.25, 0.3) is 0 Å². The van der Waals surface area contributed by atoms with E-state index in [0.29, 0.717) is 11.7 Å². The van der Waals surface area contributed by atoms with Crippen LogP contribution in [0.15, 0.2) is 10.7 Å². The molecule has 76 valence electrons. The second kappa shape index (κ2) is 3.73. The molecule has 1 heterocycles. The average Bonchev–Trinajstić information content (AvgIpc) is 2.87. The normalized spacial score (nSPS) is 15.6. The van der Waals surface area contributed by atoms with Crippen LogP contribution in [0.4, 0.5) is 0 Å². The van der Waals surface area contributed by atoms with Crippen molar-refractivity contribution in [3.8, 4) is 0 Å². The van der Waals surface area contributed by atoms with E-state index in [1.165, 1.54) is 0 Å². The van der Waals surface area contributed by atoms with Gasteiger partial charge in [0.1, 0.15) is 0 Å². The number of nitrogens with zero attached hydrogens (tertiary/aromatic N) is 2. The van der Waals surface area contributed by atoms with Gasteiger partial charge in [0.25, 0.3) is 5.91 Å². The number of carbonyl (C=O) groups is 1. The first kappa shape index (κ1) is 9.71. The fourth-order valence-corrected chi connectivity index (χ4v) is 1.69. The van der Waals surface area contributed by atoms with Crippen LogP contribution in [0.1, 0.15) is 30.3 Å². The Bertz CT molecular complexity index is 357. The number of aryl methyl sites for hydroxylation is 1. The van der Waals surface area contributed by atoms with E-state index in [9.17, 15) is 4.79 Å². The molecule has 2 rings (SSSR count). The first-order valence-electron chi connectivity index (χ1n) is 4.74. The van der Waals surface area contributed by atoms with E-state index in [2.05, 4.69) is 26.3 Å². The lowest BCUT2D eigenvalue weighted by molar-refractivity contribution is 0.0944. The highest BCUT2D eigenvalue weighted by atomic mass is 79.9. The van der Waals surface area contributed by atoms with Gasteiger partial charge >= 0.3 is 0 Å². The van der Waals surface area contributed by atoms with Crippen molar-refractivity contribution >= 4 is 21.8 Å². The highest BCUT2D eigenvalue weighted by Gasteiger charge is 2.25. The van der Waals surface area contributed by atoms with Gasteiger partial charge in [-0.25, -0.2) is 0 Å². The molecule has 4 nitrogen and oxygen atoms in total. The van der Waals surface area contributed by atoms with E-state index in [1.54, 1.807) is 4.68 Å². The number of hydrogen-bond acceptors (Lipinski definition) is 2. The molecule has 0 radical (unpaired) electrons. The SMILES string of the molecule is CCn1cc(Br)c(C(=O)NC2CC2)n1. The van der Waals surface area contributed by atoms with Crippen molar-refractivity contribution in [3.63, 3.8) is 0 Å². The summed E-state index contributed by atoms with van der Waals surface area (Å²) in [6.07, 6.45) is 4.01. The Morgan fingerprint density at radius 2 is 2.50 bits per heavy atom. The summed E-state index contributed by atoms with van der Waals surface area (Å²) < 4.78 is 2.50. The lowest BCUT2D eigenvalue weighted by Crippen LogP contribution is -2.26. The fraction of sp³-hybridized carbons (Fsp3) is 0.556. The zero-order chi connectivity index (χ0) is 10.1. The summed E-state index contributed by atoms with van der Waals surface area (Å²) in [5.41, 5.74) is 0.485. The summed E-state index contributed by atoms with van der Waals surface area (Å²) in [4.78, 5) is 11.6. The number of amides is 1. The summed E-state index contributed by atoms with van der Waals surface area (Å²) in [5.74, 6) is -0.0772. The largest absolute Gasteiger partial charge is 0.348 e. The highest BCUT2D eigenvalue weighted by Crippen LogP contribution is 2.21. The smallest absolute Gasteiger partial charge is 0.273 e. The van der Waals surface area contributed by atoms with Crippen molar-refractivity contribution in [2.45, 2.75) is 32.4 Å². The molecule has 0 saturated heterocycles. The topological polar surface area (TPSA) is 46.9 Å².